The van der Waals surface area contributed by atoms with Crippen molar-refractivity contribution in [1.82, 2.24) is 10.1 Å². The van der Waals surface area contributed by atoms with E-state index in [2.05, 4.69) is 10.1 Å². The summed E-state index contributed by atoms with van der Waals surface area (Å²) in [5.74, 6) is 1.27. The molecule has 0 aromatic carbocycles. The highest BCUT2D eigenvalue weighted by molar-refractivity contribution is 4.97. The molecule has 16 heavy (non-hydrogen) atoms. The van der Waals surface area contributed by atoms with E-state index in [0.29, 0.717) is 18.3 Å². The topological polar surface area (TPSA) is 74.2 Å². The lowest BCUT2D eigenvalue weighted by molar-refractivity contribution is 0.0518. The van der Waals surface area contributed by atoms with Crippen molar-refractivity contribution in [1.29, 1.82) is 0 Å². The molecule has 0 bridgehead atoms. The minimum Gasteiger partial charge on any atom is -0.370 e. The van der Waals surface area contributed by atoms with E-state index in [1.54, 1.807) is 0 Å². The van der Waals surface area contributed by atoms with Gasteiger partial charge in [-0.1, -0.05) is 19.0 Å². The second kappa shape index (κ2) is 5.96. The first kappa shape index (κ1) is 13.1. The lowest BCUT2D eigenvalue weighted by Gasteiger charge is -2.10. The van der Waals surface area contributed by atoms with E-state index in [-0.39, 0.29) is 18.1 Å². The van der Waals surface area contributed by atoms with Crippen LogP contribution < -0.4 is 5.73 Å². The summed E-state index contributed by atoms with van der Waals surface area (Å²) in [5, 5.41) is 3.94. The monoisotopic (exact) mass is 227 g/mol. The van der Waals surface area contributed by atoms with Crippen LogP contribution in [0.4, 0.5) is 0 Å². The molecule has 0 fully saturated rings. The van der Waals surface area contributed by atoms with E-state index in [1.807, 2.05) is 27.7 Å². The van der Waals surface area contributed by atoms with Crippen molar-refractivity contribution in [2.75, 3.05) is 6.61 Å². The van der Waals surface area contributed by atoms with Crippen LogP contribution >= 0.6 is 0 Å². The number of hydrogen-bond donors (Lipinski definition) is 1. The molecule has 0 aliphatic heterocycles. The molecule has 0 amide bonds. The lowest BCUT2D eigenvalue weighted by atomic mass is 10.1. The first-order chi connectivity index (χ1) is 7.60. The van der Waals surface area contributed by atoms with Gasteiger partial charge in [0.2, 0.25) is 11.7 Å². The molecule has 2 N–H and O–H groups in total. The molecule has 0 aliphatic carbocycles. The first-order valence-corrected chi connectivity index (χ1v) is 5.80. The van der Waals surface area contributed by atoms with Crippen molar-refractivity contribution in [3.05, 3.63) is 11.7 Å². The summed E-state index contributed by atoms with van der Waals surface area (Å²) in [6.45, 7) is 8.53. The maximum absolute atomic E-state index is 5.79. The molecule has 1 heterocycles. The van der Waals surface area contributed by atoms with Crippen molar-refractivity contribution in [2.45, 2.75) is 52.2 Å². The van der Waals surface area contributed by atoms with Gasteiger partial charge >= 0.3 is 0 Å². The predicted octanol–water partition coefficient (Wildman–Crippen LogP) is 2.01. The Morgan fingerprint density at radius 2 is 2.06 bits per heavy atom. The second-order valence-corrected chi connectivity index (χ2v) is 3.99. The third kappa shape index (κ3) is 3.02. The summed E-state index contributed by atoms with van der Waals surface area (Å²) in [6.07, 6.45) is 0.752. The van der Waals surface area contributed by atoms with Gasteiger partial charge in [-0.15, -0.1) is 0 Å². The molecular weight excluding hydrogens is 206 g/mol. The Balaban J connectivity index is 2.76. The molecule has 1 aromatic rings. The van der Waals surface area contributed by atoms with Crippen molar-refractivity contribution < 1.29 is 9.26 Å². The van der Waals surface area contributed by atoms with Crippen LogP contribution in [-0.2, 0) is 4.74 Å². The maximum Gasteiger partial charge on any atom is 0.231 e. The second-order valence-electron chi connectivity index (χ2n) is 3.99. The van der Waals surface area contributed by atoms with Gasteiger partial charge in [-0.2, -0.15) is 4.98 Å². The Morgan fingerprint density at radius 1 is 1.38 bits per heavy atom. The molecule has 1 aromatic heterocycles. The van der Waals surface area contributed by atoms with Crippen molar-refractivity contribution in [3.8, 4) is 0 Å². The van der Waals surface area contributed by atoms with E-state index in [9.17, 15) is 0 Å². The van der Waals surface area contributed by atoms with Gasteiger partial charge in [-0.25, -0.2) is 0 Å². The third-order valence-corrected chi connectivity index (χ3v) is 2.66. The Morgan fingerprint density at radius 3 is 2.56 bits per heavy atom. The van der Waals surface area contributed by atoms with Gasteiger partial charge in [0.05, 0.1) is 5.92 Å². The summed E-state index contributed by atoms with van der Waals surface area (Å²) < 4.78 is 10.7. The van der Waals surface area contributed by atoms with Crippen LogP contribution in [0.15, 0.2) is 4.52 Å². The SMILES string of the molecule is CCOC(CC)c1noc(C(C)C(C)N)n1. The average Bonchev–Trinajstić information content (AvgIpc) is 2.73. The summed E-state index contributed by atoms with van der Waals surface area (Å²) in [5.41, 5.74) is 5.79. The molecule has 5 heteroatoms. The fraction of sp³-hybridized carbons (Fsp3) is 0.818. The Kier molecular flexibility index (Phi) is 4.89. The fourth-order valence-corrected chi connectivity index (χ4v) is 1.36. The summed E-state index contributed by atoms with van der Waals surface area (Å²) in [4.78, 5) is 4.34. The fourth-order valence-electron chi connectivity index (χ4n) is 1.36. The minimum atomic E-state index is -0.0808. The number of rotatable bonds is 6. The standard InChI is InChI=1S/C11H21N3O2/c1-5-9(15-6-2)10-13-11(16-14-10)7(3)8(4)12/h7-9H,5-6,12H2,1-4H3. The van der Waals surface area contributed by atoms with Gasteiger partial charge in [0.15, 0.2) is 0 Å². The van der Waals surface area contributed by atoms with Gasteiger partial charge < -0.3 is 15.0 Å². The van der Waals surface area contributed by atoms with Gasteiger partial charge in [-0.05, 0) is 20.3 Å². The van der Waals surface area contributed by atoms with Crippen LogP contribution in [-0.4, -0.2) is 22.8 Å². The third-order valence-electron chi connectivity index (χ3n) is 2.66. The number of aromatic nitrogens is 2. The molecule has 0 saturated carbocycles. The van der Waals surface area contributed by atoms with Crippen LogP contribution in [0.1, 0.15) is 57.9 Å². The molecule has 0 saturated heterocycles. The summed E-state index contributed by atoms with van der Waals surface area (Å²) >= 11 is 0. The molecule has 3 unspecified atom stereocenters. The van der Waals surface area contributed by atoms with E-state index in [1.165, 1.54) is 0 Å². The highest BCUT2D eigenvalue weighted by Gasteiger charge is 2.21. The number of nitrogens with zero attached hydrogens (tertiary/aromatic N) is 2. The molecule has 5 nitrogen and oxygen atoms in total. The van der Waals surface area contributed by atoms with Gasteiger partial charge in [0.1, 0.15) is 6.10 Å². The van der Waals surface area contributed by atoms with E-state index < -0.39 is 0 Å². The van der Waals surface area contributed by atoms with Crippen LogP contribution in [0.25, 0.3) is 0 Å². The number of nitrogens with two attached hydrogens (primary N) is 1. The summed E-state index contributed by atoms with van der Waals surface area (Å²) in [7, 11) is 0. The largest absolute Gasteiger partial charge is 0.370 e. The molecular formula is C11H21N3O2. The number of hydrogen-bond acceptors (Lipinski definition) is 5. The average molecular weight is 227 g/mol. The molecule has 0 spiro atoms. The quantitative estimate of drug-likeness (QED) is 0.804. The zero-order chi connectivity index (χ0) is 12.1. The zero-order valence-electron chi connectivity index (χ0n) is 10.4. The molecule has 1 rings (SSSR count). The van der Waals surface area contributed by atoms with E-state index >= 15 is 0 Å². The van der Waals surface area contributed by atoms with Crippen molar-refractivity contribution in [2.24, 2.45) is 5.73 Å². The van der Waals surface area contributed by atoms with Crippen LogP contribution in [0.5, 0.6) is 0 Å². The van der Waals surface area contributed by atoms with Gasteiger partial charge in [-0.3, -0.25) is 0 Å². The van der Waals surface area contributed by atoms with E-state index in [4.69, 9.17) is 15.0 Å². The molecule has 0 aliphatic rings. The van der Waals surface area contributed by atoms with Crippen molar-refractivity contribution >= 4 is 0 Å². The van der Waals surface area contributed by atoms with Crippen LogP contribution in [0, 0.1) is 0 Å². The van der Waals surface area contributed by atoms with Crippen LogP contribution in [0.3, 0.4) is 0 Å². The molecule has 3 atom stereocenters. The Labute approximate surface area is 96.4 Å². The Bertz CT molecular complexity index is 312. The minimum absolute atomic E-state index is 0.000435. The van der Waals surface area contributed by atoms with Gasteiger partial charge in [0.25, 0.3) is 0 Å². The Hall–Kier alpha value is -0.940. The van der Waals surface area contributed by atoms with Crippen LogP contribution in [0.2, 0.25) is 0 Å². The highest BCUT2D eigenvalue weighted by Crippen LogP contribution is 2.21. The number of ether oxygens (including phenoxy) is 1. The lowest BCUT2D eigenvalue weighted by Crippen LogP contribution is -2.22. The summed E-state index contributed by atoms with van der Waals surface area (Å²) in [6, 6.07) is 0.000435. The predicted molar refractivity (Wildman–Crippen MR) is 61.0 cm³/mol. The highest BCUT2D eigenvalue weighted by atomic mass is 16.5. The normalized spacial score (nSPS) is 17.1. The smallest absolute Gasteiger partial charge is 0.231 e. The van der Waals surface area contributed by atoms with Crippen molar-refractivity contribution in [3.63, 3.8) is 0 Å². The molecule has 0 radical (unpaired) electrons. The van der Waals surface area contributed by atoms with E-state index in [0.717, 1.165) is 6.42 Å². The molecule has 92 valence electrons. The zero-order valence-corrected chi connectivity index (χ0v) is 10.4. The van der Waals surface area contributed by atoms with Gasteiger partial charge in [0, 0.05) is 12.6 Å². The first-order valence-electron chi connectivity index (χ1n) is 5.80. The maximum atomic E-state index is 5.79.